The smallest absolute Gasteiger partial charge is 0.325 e. The third-order valence-corrected chi connectivity index (χ3v) is 9.51. The topological polar surface area (TPSA) is 116 Å². The van der Waals surface area contributed by atoms with Crippen LogP contribution in [0.4, 0.5) is 5.95 Å². The second kappa shape index (κ2) is 13.5. The van der Waals surface area contributed by atoms with Crippen molar-refractivity contribution < 1.29 is 19.1 Å². The average molecular weight is 676 g/mol. The Morgan fingerprint density at radius 2 is 1.80 bits per heavy atom. The van der Waals surface area contributed by atoms with Crippen molar-refractivity contribution in [1.29, 1.82) is 0 Å². The number of aromatic nitrogens is 3. The number of carbonyl (C=O) groups is 2. The SMILES string of the molecule is COC(=O)Cn1cc(-c2cc(Cl)c(OCCS(C)(C)C)c(C(=O)NC(C)(C)CC(C)(C)C)c2)c2c(=O)n(C)c(NCC3CC3)nc21. The number of anilines is 1. The molecule has 1 saturated carbocycles. The number of benzene rings is 1. The maximum absolute atomic E-state index is 14.0. The van der Waals surface area contributed by atoms with Crippen LogP contribution in [0.15, 0.2) is 23.1 Å². The van der Waals surface area contributed by atoms with E-state index >= 15 is 0 Å². The molecular formula is C34H50ClN5O5S. The standard InChI is InChI=1S/C34H50ClN5O5S/c1-33(2,3)20-34(4,5)38-30(42)23-15-22(16-25(35)28(23)45-13-14-46(8,9)10)24-18-40(19-26(41)44-7)29-27(24)31(43)39(6)32(37-29)36-17-21-11-12-21/h15-16,18,21H,11-14,17,19-20H2,1-10H3,(H,36,37)(H,38,42). The van der Waals surface area contributed by atoms with Crippen LogP contribution >= 0.6 is 21.6 Å². The van der Waals surface area contributed by atoms with Crippen LogP contribution in [-0.4, -0.2) is 76.3 Å². The third-order valence-electron chi connectivity index (χ3n) is 7.84. The second-order valence-corrected chi connectivity index (χ2v) is 20.1. The highest BCUT2D eigenvalue weighted by Gasteiger charge is 2.30. The summed E-state index contributed by atoms with van der Waals surface area (Å²) in [4.78, 5) is 45.1. The number of amides is 1. The zero-order chi connectivity index (χ0) is 34.2. The quantitative estimate of drug-likeness (QED) is 0.211. The summed E-state index contributed by atoms with van der Waals surface area (Å²) in [5.41, 5.74) is 0.805. The summed E-state index contributed by atoms with van der Waals surface area (Å²) in [6, 6.07) is 3.41. The molecule has 2 heterocycles. The van der Waals surface area contributed by atoms with Crippen LogP contribution in [0.25, 0.3) is 22.2 Å². The van der Waals surface area contributed by atoms with Gasteiger partial charge in [-0.2, -0.15) is 4.98 Å². The number of ether oxygens (including phenoxy) is 2. The Kier molecular flexibility index (Phi) is 10.5. The van der Waals surface area contributed by atoms with Gasteiger partial charge in [0.25, 0.3) is 11.5 Å². The van der Waals surface area contributed by atoms with Crippen molar-refractivity contribution >= 4 is 50.5 Å². The molecule has 1 fully saturated rings. The molecule has 1 aliphatic rings. The Balaban J connectivity index is 1.87. The van der Waals surface area contributed by atoms with Crippen LogP contribution in [0, 0.1) is 11.3 Å². The van der Waals surface area contributed by atoms with Gasteiger partial charge < -0.3 is 24.7 Å². The molecule has 3 aromatic rings. The van der Waals surface area contributed by atoms with Crippen molar-refractivity contribution in [2.45, 2.75) is 66.0 Å². The van der Waals surface area contributed by atoms with Crippen molar-refractivity contribution in [3.8, 4) is 16.9 Å². The summed E-state index contributed by atoms with van der Waals surface area (Å²) < 4.78 is 14.2. The number of esters is 1. The number of nitrogens with zero attached hydrogens (tertiary/aromatic N) is 3. The monoisotopic (exact) mass is 675 g/mol. The van der Waals surface area contributed by atoms with Crippen molar-refractivity contribution in [2.75, 3.05) is 50.1 Å². The molecule has 46 heavy (non-hydrogen) atoms. The number of halogens is 1. The van der Waals surface area contributed by atoms with E-state index < -0.39 is 21.5 Å². The van der Waals surface area contributed by atoms with Gasteiger partial charge in [0.05, 0.1) is 29.7 Å². The highest BCUT2D eigenvalue weighted by molar-refractivity contribution is 8.32. The first-order valence-corrected chi connectivity index (χ1v) is 19.0. The molecule has 1 aliphatic carbocycles. The van der Waals surface area contributed by atoms with Gasteiger partial charge in [-0.25, -0.2) is 10.0 Å². The van der Waals surface area contributed by atoms with Crippen LogP contribution in [0.2, 0.25) is 5.02 Å². The van der Waals surface area contributed by atoms with Crippen LogP contribution < -0.4 is 20.9 Å². The van der Waals surface area contributed by atoms with E-state index in [0.29, 0.717) is 52.9 Å². The van der Waals surface area contributed by atoms with Gasteiger partial charge in [0.1, 0.15) is 6.54 Å². The van der Waals surface area contributed by atoms with E-state index in [-0.39, 0.29) is 34.0 Å². The Hall–Kier alpha value is -3.18. The van der Waals surface area contributed by atoms with Crippen LogP contribution in [0.1, 0.15) is 64.2 Å². The minimum atomic E-state index is -0.851. The first-order valence-electron chi connectivity index (χ1n) is 15.6. The van der Waals surface area contributed by atoms with Gasteiger partial charge in [-0.05, 0) is 80.9 Å². The lowest BCUT2D eigenvalue weighted by Crippen LogP contribution is -2.46. The van der Waals surface area contributed by atoms with E-state index in [1.165, 1.54) is 11.7 Å². The zero-order valence-corrected chi connectivity index (χ0v) is 30.5. The van der Waals surface area contributed by atoms with Gasteiger partial charge in [-0.1, -0.05) is 32.4 Å². The predicted molar refractivity (Wildman–Crippen MR) is 190 cm³/mol. The highest BCUT2D eigenvalue weighted by atomic mass is 35.5. The molecule has 1 amide bonds. The minimum Gasteiger partial charge on any atom is -0.490 e. The second-order valence-electron chi connectivity index (χ2n) is 15.1. The highest BCUT2D eigenvalue weighted by Crippen LogP contribution is 2.39. The first-order chi connectivity index (χ1) is 21.3. The molecule has 254 valence electrons. The number of hydrogen-bond donors (Lipinski definition) is 2. The number of fused-ring (bicyclic) bond motifs is 1. The molecule has 0 aliphatic heterocycles. The fourth-order valence-corrected chi connectivity index (χ4v) is 6.63. The lowest BCUT2D eigenvalue weighted by atomic mass is 9.81. The Morgan fingerprint density at radius 1 is 1.13 bits per heavy atom. The Bertz CT molecular complexity index is 1680. The van der Waals surface area contributed by atoms with Crippen molar-refractivity contribution in [3.05, 3.63) is 39.3 Å². The molecule has 0 unspecified atom stereocenters. The molecule has 10 nitrogen and oxygen atoms in total. The molecule has 1 aromatic carbocycles. The number of carbonyl (C=O) groups excluding carboxylic acids is 2. The van der Waals surface area contributed by atoms with E-state index in [0.717, 1.165) is 25.0 Å². The summed E-state index contributed by atoms with van der Waals surface area (Å²) in [5.74, 6) is 1.31. The maximum Gasteiger partial charge on any atom is 0.325 e. The summed E-state index contributed by atoms with van der Waals surface area (Å²) in [7, 11) is 2.13. The largest absolute Gasteiger partial charge is 0.490 e. The molecule has 2 N–H and O–H groups in total. The van der Waals surface area contributed by atoms with E-state index in [2.05, 4.69) is 50.2 Å². The van der Waals surface area contributed by atoms with Gasteiger partial charge >= 0.3 is 5.97 Å². The molecule has 4 rings (SSSR count). The molecule has 0 bridgehead atoms. The van der Waals surface area contributed by atoms with E-state index in [4.69, 9.17) is 26.1 Å². The van der Waals surface area contributed by atoms with E-state index in [9.17, 15) is 14.4 Å². The number of hydrogen-bond acceptors (Lipinski definition) is 7. The number of rotatable bonds is 13. The van der Waals surface area contributed by atoms with Crippen LogP contribution in [0.5, 0.6) is 5.75 Å². The van der Waals surface area contributed by atoms with E-state index in [1.807, 2.05) is 13.8 Å². The number of nitrogens with one attached hydrogen (secondary N) is 2. The van der Waals surface area contributed by atoms with Gasteiger partial charge in [0, 0.05) is 36.6 Å². The average Bonchev–Trinajstić information content (AvgIpc) is 3.68. The van der Waals surface area contributed by atoms with Gasteiger partial charge in [0.2, 0.25) is 5.95 Å². The predicted octanol–water partition coefficient (Wildman–Crippen LogP) is 6.07. The Morgan fingerprint density at radius 3 is 2.39 bits per heavy atom. The van der Waals surface area contributed by atoms with Crippen LogP contribution in [0.3, 0.4) is 0 Å². The van der Waals surface area contributed by atoms with E-state index in [1.54, 1.807) is 29.9 Å². The van der Waals surface area contributed by atoms with Gasteiger partial charge in [0.15, 0.2) is 11.4 Å². The fraction of sp³-hybridized carbons (Fsp3) is 0.588. The minimum absolute atomic E-state index is 0.0218. The van der Waals surface area contributed by atoms with Crippen molar-refractivity contribution in [3.63, 3.8) is 0 Å². The van der Waals surface area contributed by atoms with Gasteiger partial charge in [-0.3, -0.25) is 19.0 Å². The molecular weight excluding hydrogens is 626 g/mol. The molecule has 0 radical (unpaired) electrons. The maximum atomic E-state index is 14.0. The van der Waals surface area contributed by atoms with Crippen molar-refractivity contribution in [1.82, 2.24) is 19.4 Å². The number of methoxy groups -OCH3 is 1. The molecule has 0 spiro atoms. The summed E-state index contributed by atoms with van der Waals surface area (Å²) in [5, 5.41) is 7.04. The van der Waals surface area contributed by atoms with Gasteiger partial charge in [-0.15, -0.1) is 0 Å². The Labute approximate surface area is 278 Å². The normalized spacial score (nSPS) is 14.3. The summed E-state index contributed by atoms with van der Waals surface area (Å²) in [6.45, 7) is 11.4. The zero-order valence-electron chi connectivity index (χ0n) is 28.9. The van der Waals surface area contributed by atoms with Crippen LogP contribution in [-0.2, 0) is 23.1 Å². The van der Waals surface area contributed by atoms with Crippen molar-refractivity contribution in [2.24, 2.45) is 18.4 Å². The molecule has 12 heteroatoms. The molecule has 0 atom stereocenters. The summed E-state index contributed by atoms with van der Waals surface area (Å²) in [6.07, 6.45) is 11.3. The fourth-order valence-electron chi connectivity index (χ4n) is 5.78. The lowest BCUT2D eigenvalue weighted by Gasteiger charge is -2.33. The molecule has 0 saturated heterocycles. The lowest BCUT2D eigenvalue weighted by molar-refractivity contribution is -0.141. The molecule has 2 aromatic heterocycles. The third kappa shape index (κ3) is 9.00. The summed E-state index contributed by atoms with van der Waals surface area (Å²) >= 11 is 6.91. The first kappa shape index (κ1) is 35.7.